The Hall–Kier alpha value is -3.48. The SMILES string of the molecule is CN1C(=O)[C@@H](NC(=O)c2ncn(Cc3ccccc3)n2)CCc2ccccc21. The second kappa shape index (κ2) is 7.64. The Balaban J connectivity index is 1.45. The van der Waals surface area contributed by atoms with E-state index in [9.17, 15) is 9.59 Å². The summed E-state index contributed by atoms with van der Waals surface area (Å²) in [5.41, 5.74) is 3.05. The van der Waals surface area contributed by atoms with Gasteiger partial charge in [-0.25, -0.2) is 9.67 Å². The van der Waals surface area contributed by atoms with Gasteiger partial charge < -0.3 is 10.2 Å². The third-order valence-electron chi connectivity index (χ3n) is 4.92. The number of carbonyl (C=O) groups excluding carboxylic acids is 2. The van der Waals surface area contributed by atoms with Crippen LogP contribution in [0.15, 0.2) is 60.9 Å². The number of carbonyl (C=O) groups is 2. The molecule has 142 valence electrons. The zero-order valence-electron chi connectivity index (χ0n) is 15.6. The number of nitrogens with one attached hydrogen (secondary N) is 1. The van der Waals surface area contributed by atoms with Crippen LogP contribution in [-0.2, 0) is 17.8 Å². The minimum absolute atomic E-state index is 0.0631. The van der Waals surface area contributed by atoms with Crippen LogP contribution in [0.3, 0.4) is 0 Å². The van der Waals surface area contributed by atoms with Crippen molar-refractivity contribution in [2.24, 2.45) is 0 Å². The van der Waals surface area contributed by atoms with Crippen molar-refractivity contribution < 1.29 is 9.59 Å². The number of rotatable bonds is 4. The monoisotopic (exact) mass is 375 g/mol. The number of anilines is 1. The van der Waals surface area contributed by atoms with Crippen molar-refractivity contribution >= 4 is 17.5 Å². The van der Waals surface area contributed by atoms with Gasteiger partial charge in [-0.2, -0.15) is 0 Å². The highest BCUT2D eigenvalue weighted by atomic mass is 16.2. The molecule has 1 aromatic heterocycles. The number of hydrogen-bond donors (Lipinski definition) is 1. The van der Waals surface area contributed by atoms with Gasteiger partial charge in [-0.3, -0.25) is 9.59 Å². The molecular formula is C21H21N5O2. The number of aryl methyl sites for hydroxylation is 1. The topological polar surface area (TPSA) is 80.1 Å². The van der Waals surface area contributed by atoms with Crippen molar-refractivity contribution in [2.75, 3.05) is 11.9 Å². The number of para-hydroxylation sites is 1. The van der Waals surface area contributed by atoms with Gasteiger partial charge in [0.1, 0.15) is 12.4 Å². The van der Waals surface area contributed by atoms with E-state index in [2.05, 4.69) is 15.4 Å². The summed E-state index contributed by atoms with van der Waals surface area (Å²) in [6.45, 7) is 0.529. The smallest absolute Gasteiger partial charge is 0.291 e. The molecule has 1 N–H and O–H groups in total. The maximum Gasteiger partial charge on any atom is 0.291 e. The second-order valence-corrected chi connectivity index (χ2v) is 6.84. The second-order valence-electron chi connectivity index (χ2n) is 6.84. The number of nitrogens with zero attached hydrogens (tertiary/aromatic N) is 4. The van der Waals surface area contributed by atoms with Gasteiger partial charge in [0.15, 0.2) is 0 Å². The zero-order valence-corrected chi connectivity index (χ0v) is 15.6. The van der Waals surface area contributed by atoms with Gasteiger partial charge in [-0.15, -0.1) is 5.10 Å². The number of fused-ring (bicyclic) bond motifs is 1. The summed E-state index contributed by atoms with van der Waals surface area (Å²) in [5.74, 6) is -0.514. The summed E-state index contributed by atoms with van der Waals surface area (Å²) in [6, 6.07) is 17.0. The average Bonchev–Trinajstić information content (AvgIpc) is 3.15. The Morgan fingerprint density at radius 2 is 1.89 bits per heavy atom. The fourth-order valence-corrected chi connectivity index (χ4v) is 3.43. The third-order valence-corrected chi connectivity index (χ3v) is 4.92. The maximum absolute atomic E-state index is 12.8. The summed E-state index contributed by atoms with van der Waals surface area (Å²) < 4.78 is 1.61. The lowest BCUT2D eigenvalue weighted by atomic mass is 10.1. The molecular weight excluding hydrogens is 354 g/mol. The third kappa shape index (κ3) is 3.64. The molecule has 1 atom stereocenters. The number of hydrogen-bond acceptors (Lipinski definition) is 4. The fraction of sp³-hybridized carbons (Fsp3) is 0.238. The van der Waals surface area contributed by atoms with Crippen molar-refractivity contribution in [1.82, 2.24) is 20.1 Å². The molecule has 28 heavy (non-hydrogen) atoms. The highest BCUT2D eigenvalue weighted by Gasteiger charge is 2.30. The summed E-state index contributed by atoms with van der Waals surface area (Å²) in [6.07, 6.45) is 2.78. The van der Waals surface area contributed by atoms with E-state index < -0.39 is 11.9 Å². The van der Waals surface area contributed by atoms with E-state index >= 15 is 0 Å². The molecule has 2 aromatic carbocycles. The Morgan fingerprint density at radius 3 is 2.71 bits per heavy atom. The molecule has 0 saturated carbocycles. The molecule has 0 bridgehead atoms. The minimum atomic E-state index is -0.606. The summed E-state index contributed by atoms with van der Waals surface area (Å²) in [5, 5.41) is 7.05. The number of amides is 2. The molecule has 0 saturated heterocycles. The van der Waals surface area contributed by atoms with Crippen LogP contribution in [-0.4, -0.2) is 39.7 Å². The van der Waals surface area contributed by atoms with E-state index in [-0.39, 0.29) is 11.7 Å². The normalized spacial score (nSPS) is 16.4. The van der Waals surface area contributed by atoms with Crippen LogP contribution in [0.4, 0.5) is 5.69 Å². The molecule has 1 aliphatic heterocycles. The van der Waals surface area contributed by atoms with Gasteiger partial charge in [-0.05, 0) is 30.0 Å². The fourth-order valence-electron chi connectivity index (χ4n) is 3.43. The molecule has 0 aliphatic carbocycles. The maximum atomic E-state index is 12.8. The Kier molecular flexibility index (Phi) is 4.89. The Morgan fingerprint density at radius 1 is 1.14 bits per heavy atom. The highest BCUT2D eigenvalue weighted by Crippen LogP contribution is 2.25. The van der Waals surface area contributed by atoms with E-state index in [1.54, 1.807) is 16.6 Å². The van der Waals surface area contributed by atoms with Crippen LogP contribution < -0.4 is 10.2 Å². The molecule has 4 rings (SSSR count). The Labute approximate surface area is 163 Å². The lowest BCUT2D eigenvalue weighted by Crippen LogP contribution is -2.47. The van der Waals surface area contributed by atoms with E-state index in [1.165, 1.54) is 6.33 Å². The molecule has 0 radical (unpaired) electrons. The lowest BCUT2D eigenvalue weighted by molar-refractivity contribution is -0.120. The van der Waals surface area contributed by atoms with E-state index in [0.717, 1.165) is 16.8 Å². The van der Waals surface area contributed by atoms with Crippen molar-refractivity contribution in [3.05, 3.63) is 77.9 Å². The number of benzene rings is 2. The molecule has 3 aromatic rings. The van der Waals surface area contributed by atoms with Gasteiger partial charge in [0, 0.05) is 12.7 Å². The number of aromatic nitrogens is 3. The molecule has 2 heterocycles. The van der Waals surface area contributed by atoms with Crippen LogP contribution >= 0.6 is 0 Å². The van der Waals surface area contributed by atoms with E-state index in [0.29, 0.717) is 19.4 Å². The van der Waals surface area contributed by atoms with Crippen LogP contribution in [0.1, 0.15) is 28.2 Å². The lowest BCUT2D eigenvalue weighted by Gasteiger charge is -2.21. The first-order valence-corrected chi connectivity index (χ1v) is 9.21. The van der Waals surface area contributed by atoms with Crippen LogP contribution in [0.2, 0.25) is 0 Å². The van der Waals surface area contributed by atoms with Crippen LogP contribution in [0, 0.1) is 0 Å². The molecule has 2 amide bonds. The van der Waals surface area contributed by atoms with Crippen molar-refractivity contribution in [3.63, 3.8) is 0 Å². The van der Waals surface area contributed by atoms with Crippen molar-refractivity contribution in [2.45, 2.75) is 25.4 Å². The molecule has 1 aliphatic rings. The standard InChI is InChI=1S/C21H21N5O2/c1-25-18-10-6-5-9-16(18)11-12-17(21(25)28)23-20(27)19-22-14-26(24-19)13-15-7-3-2-4-8-15/h2-10,14,17H,11-13H2,1H3,(H,23,27)/t17-/m0/s1. The van der Waals surface area contributed by atoms with Crippen molar-refractivity contribution in [3.8, 4) is 0 Å². The zero-order chi connectivity index (χ0) is 19.5. The average molecular weight is 375 g/mol. The van der Waals surface area contributed by atoms with Gasteiger partial charge in [0.2, 0.25) is 11.7 Å². The summed E-state index contributed by atoms with van der Waals surface area (Å²) in [4.78, 5) is 31.1. The summed E-state index contributed by atoms with van der Waals surface area (Å²) >= 11 is 0. The molecule has 7 heteroatoms. The van der Waals surface area contributed by atoms with E-state index in [4.69, 9.17) is 0 Å². The first kappa shape index (κ1) is 17.9. The van der Waals surface area contributed by atoms with Crippen molar-refractivity contribution in [1.29, 1.82) is 0 Å². The first-order valence-electron chi connectivity index (χ1n) is 9.21. The molecule has 0 spiro atoms. The Bertz CT molecular complexity index is 999. The predicted molar refractivity (Wildman–Crippen MR) is 105 cm³/mol. The van der Waals surface area contributed by atoms with Gasteiger partial charge in [0.05, 0.1) is 6.54 Å². The van der Waals surface area contributed by atoms with E-state index in [1.807, 2.05) is 54.6 Å². The molecule has 0 unspecified atom stereocenters. The minimum Gasteiger partial charge on any atom is -0.337 e. The molecule has 7 nitrogen and oxygen atoms in total. The van der Waals surface area contributed by atoms with Crippen LogP contribution in [0.5, 0.6) is 0 Å². The largest absolute Gasteiger partial charge is 0.337 e. The van der Waals surface area contributed by atoms with Crippen LogP contribution in [0.25, 0.3) is 0 Å². The van der Waals surface area contributed by atoms with Gasteiger partial charge in [0.25, 0.3) is 5.91 Å². The molecule has 0 fully saturated rings. The summed E-state index contributed by atoms with van der Waals surface area (Å²) in [7, 11) is 1.73. The van der Waals surface area contributed by atoms with Gasteiger partial charge in [-0.1, -0.05) is 48.5 Å². The first-order chi connectivity index (χ1) is 13.6. The van der Waals surface area contributed by atoms with Gasteiger partial charge >= 0.3 is 0 Å². The highest BCUT2D eigenvalue weighted by molar-refractivity contribution is 6.01. The predicted octanol–water partition coefficient (Wildman–Crippen LogP) is 2.03. The number of likely N-dealkylation sites (N-methyl/N-ethyl adjacent to an activating group) is 1. The quantitative estimate of drug-likeness (QED) is 0.757.